The number of piperidine rings is 1. The molecule has 0 saturated carbocycles. The van der Waals surface area contributed by atoms with Crippen molar-refractivity contribution in [1.29, 1.82) is 0 Å². The van der Waals surface area contributed by atoms with Gasteiger partial charge in [0, 0.05) is 31.6 Å². The van der Waals surface area contributed by atoms with Crippen LogP contribution < -0.4 is 10.6 Å². The number of nitrogens with zero attached hydrogens (tertiary/aromatic N) is 1. The van der Waals surface area contributed by atoms with Gasteiger partial charge in [0.25, 0.3) is 11.8 Å². The molecule has 0 bridgehead atoms. The van der Waals surface area contributed by atoms with Crippen molar-refractivity contribution in [1.82, 2.24) is 15.5 Å². The number of alkyl halides is 5. The first kappa shape index (κ1) is 35.3. The first-order chi connectivity index (χ1) is 23.9. The summed E-state index contributed by atoms with van der Waals surface area (Å²) in [5.41, 5.74) is 3.29. The average molecular weight is 690 g/mol. The fourth-order valence-corrected chi connectivity index (χ4v) is 7.40. The molecule has 0 atom stereocenters. The smallest absolute Gasteiger partial charge is 0.349 e. The molecule has 1 saturated heterocycles. The third kappa shape index (κ3) is 7.45. The lowest BCUT2D eigenvalue weighted by atomic mass is 9.73. The Morgan fingerprint density at radius 3 is 1.90 bits per heavy atom. The highest BCUT2D eigenvalue weighted by Gasteiger charge is 2.48. The highest BCUT2D eigenvalue weighted by Crippen LogP contribution is 2.51. The molecule has 2 aliphatic rings. The van der Waals surface area contributed by atoms with Gasteiger partial charge in [-0.2, -0.15) is 13.2 Å². The van der Waals surface area contributed by atoms with Crippen LogP contribution in [0.3, 0.4) is 0 Å². The van der Waals surface area contributed by atoms with Gasteiger partial charge in [-0.3, -0.25) is 9.59 Å². The Balaban J connectivity index is 1.05. The number of amides is 2. The highest BCUT2D eigenvalue weighted by molar-refractivity contribution is 6.01. The minimum Gasteiger partial charge on any atom is -0.349 e. The molecule has 1 aliphatic carbocycles. The number of hydrogen-bond acceptors (Lipinski definition) is 3. The van der Waals surface area contributed by atoms with Gasteiger partial charge in [0.15, 0.2) is 0 Å². The van der Waals surface area contributed by atoms with Crippen LogP contribution in [-0.4, -0.2) is 54.9 Å². The van der Waals surface area contributed by atoms with Gasteiger partial charge in [0.1, 0.15) is 5.41 Å². The van der Waals surface area contributed by atoms with Gasteiger partial charge in [-0.15, -0.1) is 0 Å². The molecule has 1 heterocycles. The SMILES string of the molecule is CC(F)(F)CNC(=O)C1(CCCCN2CCC(NC(=O)c3ccccc3-c3ccc(C(F)(F)F)cc3)CC2)c2ccccc2-c2ccccc21. The zero-order chi connectivity index (χ0) is 35.5. The summed E-state index contributed by atoms with van der Waals surface area (Å²) >= 11 is 0. The van der Waals surface area contributed by atoms with E-state index in [2.05, 4.69) is 15.5 Å². The van der Waals surface area contributed by atoms with Gasteiger partial charge in [-0.1, -0.05) is 85.3 Å². The molecule has 5 nitrogen and oxygen atoms in total. The average Bonchev–Trinajstić information content (AvgIpc) is 3.39. The maximum atomic E-state index is 13.9. The number of halogens is 5. The van der Waals surface area contributed by atoms with Gasteiger partial charge < -0.3 is 15.5 Å². The Hall–Kier alpha value is -4.57. The lowest BCUT2D eigenvalue weighted by Gasteiger charge is -2.34. The van der Waals surface area contributed by atoms with Crippen LogP contribution in [0.5, 0.6) is 0 Å². The standard InChI is InChI=1S/C40H40F5N3O2/c1-38(41,42)26-46-37(50)39(34-14-6-4-11-31(34)32-12-5-7-15-35(32)39)22-8-9-23-48-24-20-29(21-25-48)47-36(49)33-13-3-2-10-30(33)27-16-18-28(19-17-27)40(43,44)45/h2-7,10-19,29H,8-9,20-26H2,1H3,(H,46,50)(H,47,49). The first-order valence-corrected chi connectivity index (χ1v) is 17.0. The van der Waals surface area contributed by atoms with E-state index in [1.165, 1.54) is 12.1 Å². The van der Waals surface area contributed by atoms with E-state index in [0.29, 0.717) is 29.5 Å². The van der Waals surface area contributed by atoms with Crippen molar-refractivity contribution in [2.45, 2.75) is 62.6 Å². The predicted molar refractivity (Wildman–Crippen MR) is 184 cm³/mol. The second-order valence-corrected chi connectivity index (χ2v) is 13.4. The minimum absolute atomic E-state index is 0.0467. The van der Waals surface area contributed by atoms with E-state index >= 15 is 0 Å². The monoisotopic (exact) mass is 689 g/mol. The summed E-state index contributed by atoms with van der Waals surface area (Å²) in [6.07, 6.45) is -0.961. The number of likely N-dealkylation sites (tertiary alicyclic amines) is 1. The van der Waals surface area contributed by atoms with Gasteiger partial charge in [-0.25, -0.2) is 8.78 Å². The molecule has 4 aromatic rings. The van der Waals surface area contributed by atoms with Crippen LogP contribution in [0.1, 0.15) is 66.1 Å². The molecule has 1 fully saturated rings. The summed E-state index contributed by atoms with van der Waals surface area (Å²) in [5, 5.41) is 5.68. The molecule has 6 rings (SSSR count). The van der Waals surface area contributed by atoms with Crippen LogP contribution in [0.2, 0.25) is 0 Å². The molecule has 4 aromatic carbocycles. The number of benzene rings is 4. The molecule has 0 aromatic heterocycles. The molecule has 1 aliphatic heterocycles. The summed E-state index contributed by atoms with van der Waals surface area (Å²) in [4.78, 5) is 29.6. The number of carbonyl (C=O) groups is 2. The third-order valence-electron chi connectivity index (χ3n) is 9.90. The molecule has 0 spiro atoms. The zero-order valence-corrected chi connectivity index (χ0v) is 27.8. The Labute approximate surface area is 288 Å². The van der Waals surface area contributed by atoms with Crippen LogP contribution in [0.25, 0.3) is 22.3 Å². The van der Waals surface area contributed by atoms with Crippen molar-refractivity contribution in [2.24, 2.45) is 0 Å². The summed E-state index contributed by atoms with van der Waals surface area (Å²) in [5.74, 6) is -3.71. The summed E-state index contributed by atoms with van der Waals surface area (Å²) in [6.45, 7) is 2.41. The fraction of sp³-hybridized carbons (Fsp3) is 0.350. The molecular weight excluding hydrogens is 649 g/mol. The van der Waals surface area contributed by atoms with Gasteiger partial charge >= 0.3 is 6.18 Å². The van der Waals surface area contributed by atoms with Crippen LogP contribution in [0.4, 0.5) is 22.0 Å². The lowest BCUT2D eigenvalue weighted by Crippen LogP contribution is -2.47. The fourth-order valence-electron chi connectivity index (χ4n) is 7.40. The Bertz CT molecular complexity index is 1780. The molecule has 0 unspecified atom stereocenters. The molecular formula is C40H40F5N3O2. The molecule has 10 heteroatoms. The second kappa shape index (κ2) is 14.3. The number of rotatable bonds is 11. The van der Waals surface area contributed by atoms with Crippen molar-refractivity contribution in [3.05, 3.63) is 119 Å². The van der Waals surface area contributed by atoms with Crippen molar-refractivity contribution in [3.8, 4) is 22.3 Å². The summed E-state index contributed by atoms with van der Waals surface area (Å²) in [6, 6.07) is 27.1. The number of fused-ring (bicyclic) bond motifs is 3. The van der Waals surface area contributed by atoms with E-state index in [1.54, 1.807) is 24.3 Å². The van der Waals surface area contributed by atoms with E-state index in [-0.39, 0.29) is 11.9 Å². The maximum Gasteiger partial charge on any atom is 0.416 e. The van der Waals surface area contributed by atoms with Crippen LogP contribution in [0.15, 0.2) is 97.1 Å². The van der Waals surface area contributed by atoms with E-state index in [0.717, 1.165) is 80.2 Å². The second-order valence-electron chi connectivity index (χ2n) is 13.4. The normalized spacial score (nSPS) is 16.0. The first-order valence-electron chi connectivity index (χ1n) is 17.0. The van der Waals surface area contributed by atoms with Crippen LogP contribution >= 0.6 is 0 Å². The van der Waals surface area contributed by atoms with Gasteiger partial charge in [0.05, 0.1) is 12.1 Å². The number of carbonyl (C=O) groups excluding carboxylic acids is 2. The summed E-state index contributed by atoms with van der Waals surface area (Å²) < 4.78 is 66.9. The van der Waals surface area contributed by atoms with Crippen LogP contribution in [-0.2, 0) is 16.4 Å². The van der Waals surface area contributed by atoms with Crippen molar-refractivity contribution < 1.29 is 31.5 Å². The quantitative estimate of drug-likeness (QED) is 0.123. The third-order valence-corrected chi connectivity index (χ3v) is 9.90. The van der Waals surface area contributed by atoms with Crippen LogP contribution in [0, 0.1) is 0 Å². The number of unbranched alkanes of at least 4 members (excludes halogenated alkanes) is 1. The van der Waals surface area contributed by atoms with E-state index in [9.17, 15) is 31.5 Å². The zero-order valence-electron chi connectivity index (χ0n) is 27.8. The van der Waals surface area contributed by atoms with Crippen molar-refractivity contribution >= 4 is 11.8 Å². The number of nitrogens with one attached hydrogen (secondary N) is 2. The largest absolute Gasteiger partial charge is 0.416 e. The molecule has 0 radical (unpaired) electrons. The Morgan fingerprint density at radius 1 is 0.760 bits per heavy atom. The highest BCUT2D eigenvalue weighted by atomic mass is 19.4. The topological polar surface area (TPSA) is 61.4 Å². The molecule has 2 amide bonds. The van der Waals surface area contributed by atoms with E-state index in [4.69, 9.17) is 0 Å². The Kier molecular flexibility index (Phi) is 10.1. The summed E-state index contributed by atoms with van der Waals surface area (Å²) in [7, 11) is 0. The lowest BCUT2D eigenvalue weighted by molar-refractivity contribution is -0.137. The molecule has 50 heavy (non-hydrogen) atoms. The van der Waals surface area contributed by atoms with E-state index in [1.807, 2.05) is 48.5 Å². The Morgan fingerprint density at radius 2 is 1.32 bits per heavy atom. The van der Waals surface area contributed by atoms with Gasteiger partial charge in [-0.05, 0) is 83.8 Å². The van der Waals surface area contributed by atoms with Crippen molar-refractivity contribution in [3.63, 3.8) is 0 Å². The van der Waals surface area contributed by atoms with Gasteiger partial charge in [0.2, 0.25) is 5.91 Å². The molecule has 262 valence electrons. The molecule has 2 N–H and O–H groups in total. The van der Waals surface area contributed by atoms with E-state index < -0.39 is 35.5 Å². The maximum absolute atomic E-state index is 13.9. The van der Waals surface area contributed by atoms with Crippen molar-refractivity contribution in [2.75, 3.05) is 26.2 Å². The minimum atomic E-state index is -4.44. The predicted octanol–water partition coefficient (Wildman–Crippen LogP) is 8.48. The number of hydrogen-bond donors (Lipinski definition) is 2.